The molecular formula is C20H13F2N3O6. The zero-order valence-corrected chi connectivity index (χ0v) is 15.7. The maximum absolute atomic E-state index is 13.9. The summed E-state index contributed by atoms with van der Waals surface area (Å²) < 4.78 is 32.5. The predicted octanol–water partition coefficient (Wildman–Crippen LogP) is 3.97. The van der Waals surface area contributed by atoms with E-state index in [2.05, 4.69) is 4.99 Å². The molecular weight excluding hydrogens is 416 g/mol. The molecule has 9 nitrogen and oxygen atoms in total. The van der Waals surface area contributed by atoms with Crippen molar-refractivity contribution in [2.24, 2.45) is 10.9 Å². The van der Waals surface area contributed by atoms with E-state index >= 15 is 0 Å². The number of halogens is 2. The maximum atomic E-state index is 13.9. The summed E-state index contributed by atoms with van der Waals surface area (Å²) in [5.74, 6) is -3.72. The van der Waals surface area contributed by atoms with Gasteiger partial charge >= 0.3 is 12.1 Å². The number of amides is 3. The van der Waals surface area contributed by atoms with Crippen LogP contribution in [0.4, 0.5) is 24.1 Å². The van der Waals surface area contributed by atoms with Gasteiger partial charge in [0.1, 0.15) is 11.5 Å². The summed E-state index contributed by atoms with van der Waals surface area (Å²) in [4.78, 5) is 52.4. The molecule has 0 bridgehead atoms. The third kappa shape index (κ3) is 3.65. The fraction of sp³-hybridized carbons (Fsp3) is 0.200. The Morgan fingerprint density at radius 1 is 1.10 bits per heavy atom. The Bertz CT molecular complexity index is 1150. The van der Waals surface area contributed by atoms with Crippen LogP contribution in [0.3, 0.4) is 0 Å². The zero-order chi connectivity index (χ0) is 22.3. The van der Waals surface area contributed by atoms with Gasteiger partial charge in [0.25, 0.3) is 5.69 Å². The van der Waals surface area contributed by atoms with Crippen LogP contribution >= 0.6 is 0 Å². The number of aliphatic imine (C=N–C) groups is 1. The summed E-state index contributed by atoms with van der Waals surface area (Å²) in [5, 5.41) is 10.8. The molecule has 0 saturated heterocycles. The number of carbonyl (C=O) groups excluding carboxylic acids is 3. The first-order valence-corrected chi connectivity index (χ1v) is 9.11. The molecule has 1 heterocycles. The number of nitrogens with zero attached hydrogens (tertiary/aromatic N) is 3. The number of hydrogen-bond donors (Lipinski definition) is 0. The highest BCUT2D eigenvalue weighted by Gasteiger charge is 2.49. The Balaban J connectivity index is 1.71. The van der Waals surface area contributed by atoms with Crippen molar-refractivity contribution < 1.29 is 32.8 Å². The van der Waals surface area contributed by atoms with E-state index in [4.69, 9.17) is 4.74 Å². The Morgan fingerprint density at radius 2 is 1.81 bits per heavy atom. The molecule has 1 saturated carbocycles. The van der Waals surface area contributed by atoms with E-state index in [1.807, 2.05) is 0 Å². The average molecular weight is 429 g/mol. The summed E-state index contributed by atoms with van der Waals surface area (Å²) in [6.07, 6.45) is -0.890. The minimum absolute atomic E-state index is 0.0283. The van der Waals surface area contributed by atoms with E-state index in [0.717, 1.165) is 36.4 Å². The SMILES string of the molecule is O=C1CCC2=NC(=O)N(C(=O)Oc3ccc([N+](=O)[O-])cc3)C(c3ccc(F)c(F)c3)C12. The lowest BCUT2D eigenvalue weighted by Crippen LogP contribution is -2.48. The monoisotopic (exact) mass is 429 g/mol. The number of Topliss-reactive ketones (excluding diaryl/α,β-unsaturated/α-hetero) is 1. The second-order valence-electron chi connectivity index (χ2n) is 6.94. The largest absolute Gasteiger partial charge is 0.424 e. The molecule has 11 heteroatoms. The number of imide groups is 1. The zero-order valence-electron chi connectivity index (χ0n) is 15.7. The number of nitro groups is 1. The van der Waals surface area contributed by atoms with Crippen molar-refractivity contribution in [1.29, 1.82) is 0 Å². The van der Waals surface area contributed by atoms with E-state index in [9.17, 15) is 33.3 Å². The molecule has 1 fully saturated rings. The van der Waals surface area contributed by atoms with Crippen LogP contribution in [0.5, 0.6) is 5.75 Å². The smallest absolute Gasteiger partial charge is 0.410 e. The lowest BCUT2D eigenvalue weighted by Gasteiger charge is -2.35. The molecule has 0 spiro atoms. The number of urea groups is 1. The molecule has 4 rings (SSSR count). The van der Waals surface area contributed by atoms with Gasteiger partial charge in [-0.25, -0.2) is 28.3 Å². The van der Waals surface area contributed by atoms with Crippen molar-refractivity contribution in [2.75, 3.05) is 0 Å². The first-order chi connectivity index (χ1) is 14.8. The third-order valence-electron chi connectivity index (χ3n) is 5.11. The normalized spacial score (nSPS) is 20.3. The number of ketones is 1. The average Bonchev–Trinajstić information content (AvgIpc) is 3.09. The number of fused-ring (bicyclic) bond motifs is 1. The van der Waals surface area contributed by atoms with Gasteiger partial charge in [-0.2, -0.15) is 0 Å². The number of benzene rings is 2. The second-order valence-corrected chi connectivity index (χ2v) is 6.94. The van der Waals surface area contributed by atoms with Crippen molar-refractivity contribution in [3.05, 3.63) is 69.8 Å². The van der Waals surface area contributed by atoms with Crippen molar-refractivity contribution in [2.45, 2.75) is 18.9 Å². The van der Waals surface area contributed by atoms with Crippen molar-refractivity contribution in [1.82, 2.24) is 4.90 Å². The number of hydrogen-bond acceptors (Lipinski definition) is 6. The lowest BCUT2D eigenvalue weighted by atomic mass is 9.87. The highest BCUT2D eigenvalue weighted by molar-refractivity contribution is 6.17. The summed E-state index contributed by atoms with van der Waals surface area (Å²) in [5.41, 5.74) is 0.0592. The quantitative estimate of drug-likeness (QED) is 0.538. The fourth-order valence-electron chi connectivity index (χ4n) is 3.69. The number of nitro benzene ring substituents is 1. The minimum Gasteiger partial charge on any atom is -0.410 e. The van der Waals surface area contributed by atoms with E-state index in [1.165, 1.54) is 6.07 Å². The molecule has 3 amide bonds. The molecule has 1 aliphatic heterocycles. The first kappa shape index (κ1) is 20.3. The molecule has 2 unspecified atom stereocenters. The minimum atomic E-state index is -1.27. The van der Waals surface area contributed by atoms with Crippen LogP contribution in [0.2, 0.25) is 0 Å². The second kappa shape index (κ2) is 7.67. The van der Waals surface area contributed by atoms with Crippen LogP contribution < -0.4 is 4.74 Å². The molecule has 2 aliphatic rings. The number of rotatable bonds is 3. The molecule has 2 aromatic rings. The van der Waals surface area contributed by atoms with Gasteiger partial charge in [0, 0.05) is 24.3 Å². The van der Waals surface area contributed by atoms with Gasteiger partial charge in [0.2, 0.25) is 0 Å². The van der Waals surface area contributed by atoms with Crippen molar-refractivity contribution in [3.63, 3.8) is 0 Å². The molecule has 2 aromatic carbocycles. The lowest BCUT2D eigenvalue weighted by molar-refractivity contribution is -0.384. The van der Waals surface area contributed by atoms with Crippen LogP contribution in [-0.2, 0) is 4.79 Å². The summed E-state index contributed by atoms with van der Waals surface area (Å²) in [7, 11) is 0. The maximum Gasteiger partial charge on any atom is 0.424 e. The Morgan fingerprint density at radius 3 is 2.45 bits per heavy atom. The third-order valence-corrected chi connectivity index (χ3v) is 5.11. The number of non-ortho nitro benzene ring substituents is 1. The highest BCUT2D eigenvalue weighted by atomic mass is 19.2. The van der Waals surface area contributed by atoms with Crippen LogP contribution in [-0.4, -0.2) is 33.4 Å². The van der Waals surface area contributed by atoms with Gasteiger partial charge in [0.15, 0.2) is 11.6 Å². The Kier molecular flexibility index (Phi) is 5.01. The Hall–Kier alpha value is -4.02. The molecule has 0 aromatic heterocycles. The van der Waals surface area contributed by atoms with Gasteiger partial charge in [-0.1, -0.05) is 6.07 Å². The van der Waals surface area contributed by atoms with Crippen molar-refractivity contribution in [3.8, 4) is 5.75 Å². The van der Waals surface area contributed by atoms with E-state index in [1.54, 1.807) is 0 Å². The first-order valence-electron chi connectivity index (χ1n) is 9.11. The van der Waals surface area contributed by atoms with Crippen LogP contribution in [0.25, 0.3) is 0 Å². The highest BCUT2D eigenvalue weighted by Crippen LogP contribution is 2.40. The van der Waals surface area contributed by atoms with Gasteiger partial charge in [-0.05, 0) is 36.2 Å². The Labute approximate surface area is 173 Å². The molecule has 158 valence electrons. The van der Waals surface area contributed by atoms with E-state index < -0.39 is 40.6 Å². The molecule has 0 radical (unpaired) electrons. The molecule has 31 heavy (non-hydrogen) atoms. The summed E-state index contributed by atoms with van der Waals surface area (Å²) >= 11 is 0. The number of ether oxygens (including phenoxy) is 1. The van der Waals surface area contributed by atoms with Gasteiger partial charge in [0.05, 0.1) is 16.9 Å². The predicted molar refractivity (Wildman–Crippen MR) is 101 cm³/mol. The van der Waals surface area contributed by atoms with E-state index in [0.29, 0.717) is 4.90 Å². The standard InChI is InChI=1S/C20H13F2N3O6/c21-13-6-1-10(9-14(13)22)18-17-15(7-8-16(17)26)23-19(27)24(18)20(28)31-12-4-2-11(3-5-12)25(29)30/h1-6,9,17-18H,7-8H2. The van der Waals surface area contributed by atoms with E-state index in [-0.39, 0.29) is 41.3 Å². The molecule has 2 atom stereocenters. The molecule has 1 aliphatic carbocycles. The van der Waals surface area contributed by atoms with Crippen LogP contribution in [0.15, 0.2) is 47.5 Å². The number of carbonyl (C=O) groups is 3. The summed E-state index contributed by atoms with van der Waals surface area (Å²) in [6, 6.07) is 5.07. The van der Waals surface area contributed by atoms with Gasteiger partial charge < -0.3 is 4.74 Å². The van der Waals surface area contributed by atoms with Crippen LogP contribution in [0, 0.1) is 27.7 Å². The molecule has 0 N–H and O–H groups in total. The summed E-state index contributed by atoms with van der Waals surface area (Å²) in [6.45, 7) is 0. The van der Waals surface area contributed by atoms with Crippen molar-refractivity contribution >= 4 is 29.3 Å². The van der Waals surface area contributed by atoms with Crippen LogP contribution in [0.1, 0.15) is 24.4 Å². The van der Waals surface area contributed by atoms with Gasteiger partial charge in [-0.15, -0.1) is 0 Å². The van der Waals surface area contributed by atoms with Gasteiger partial charge in [-0.3, -0.25) is 14.9 Å². The topological polar surface area (TPSA) is 119 Å². The fourth-order valence-corrected chi connectivity index (χ4v) is 3.69.